The number of benzene rings is 1. The van der Waals surface area contributed by atoms with Crippen molar-refractivity contribution in [2.45, 2.75) is 25.8 Å². The molecule has 0 saturated carbocycles. The summed E-state index contributed by atoms with van der Waals surface area (Å²) >= 11 is 0. The van der Waals surface area contributed by atoms with Crippen molar-refractivity contribution in [1.29, 1.82) is 0 Å². The van der Waals surface area contributed by atoms with Crippen molar-refractivity contribution in [3.05, 3.63) is 54.0 Å². The Hall–Kier alpha value is -2.73. The van der Waals surface area contributed by atoms with Gasteiger partial charge in [-0.1, -0.05) is 12.1 Å². The number of carbonyl (C=O) groups excluding carboxylic acids is 1. The molecule has 0 radical (unpaired) electrons. The molecule has 1 saturated heterocycles. The summed E-state index contributed by atoms with van der Waals surface area (Å²) in [4.78, 5) is 16.9. The lowest BCUT2D eigenvalue weighted by atomic mass is 10.1. The molecule has 1 aromatic carbocycles. The van der Waals surface area contributed by atoms with Gasteiger partial charge in [-0.3, -0.25) is 14.5 Å². The Balaban J connectivity index is 1.54. The largest absolute Gasteiger partial charge is 0.381 e. The maximum absolute atomic E-state index is 12.6. The van der Waals surface area contributed by atoms with E-state index < -0.39 is 0 Å². The number of rotatable bonds is 3. The van der Waals surface area contributed by atoms with Crippen LogP contribution >= 0.6 is 0 Å². The second-order valence-corrected chi connectivity index (χ2v) is 6.32. The number of nitrogens with one attached hydrogen (secondary N) is 1. The fourth-order valence-electron chi connectivity index (χ4n) is 3.24. The Bertz CT molecular complexity index is 913. The normalized spacial score (nSPS) is 15.4. The van der Waals surface area contributed by atoms with Gasteiger partial charge in [-0.15, -0.1) is 0 Å². The molecule has 4 rings (SSSR count). The Labute approximate surface area is 145 Å². The maximum atomic E-state index is 12.6. The van der Waals surface area contributed by atoms with Gasteiger partial charge in [-0.2, -0.15) is 5.10 Å². The SMILES string of the molecule is Cc1cc(C(=O)Nc2ccc3cccnc3c2)nn1C1CCOCC1. The smallest absolute Gasteiger partial charge is 0.276 e. The minimum Gasteiger partial charge on any atom is -0.381 e. The van der Waals surface area contributed by atoms with E-state index in [1.165, 1.54) is 0 Å². The van der Waals surface area contributed by atoms with Gasteiger partial charge in [0.1, 0.15) is 0 Å². The summed E-state index contributed by atoms with van der Waals surface area (Å²) < 4.78 is 7.36. The second-order valence-electron chi connectivity index (χ2n) is 6.32. The molecule has 0 unspecified atom stereocenters. The molecule has 1 aliphatic heterocycles. The van der Waals surface area contributed by atoms with Gasteiger partial charge >= 0.3 is 0 Å². The summed E-state index contributed by atoms with van der Waals surface area (Å²) in [6, 6.07) is 11.7. The molecule has 2 aromatic heterocycles. The van der Waals surface area contributed by atoms with Gasteiger partial charge in [-0.25, -0.2) is 0 Å². The molecule has 6 heteroatoms. The highest BCUT2D eigenvalue weighted by Gasteiger charge is 2.20. The molecule has 25 heavy (non-hydrogen) atoms. The number of anilines is 1. The number of amides is 1. The van der Waals surface area contributed by atoms with E-state index in [0.29, 0.717) is 11.7 Å². The average Bonchev–Trinajstić information content (AvgIpc) is 3.04. The number of nitrogens with zero attached hydrogens (tertiary/aromatic N) is 3. The third kappa shape index (κ3) is 3.25. The number of hydrogen-bond acceptors (Lipinski definition) is 4. The van der Waals surface area contributed by atoms with E-state index in [4.69, 9.17) is 4.74 Å². The van der Waals surface area contributed by atoms with Gasteiger partial charge in [0.2, 0.25) is 0 Å². The summed E-state index contributed by atoms with van der Waals surface area (Å²) in [5.41, 5.74) is 3.00. The summed E-state index contributed by atoms with van der Waals surface area (Å²) in [5, 5.41) is 8.48. The van der Waals surface area contributed by atoms with E-state index in [-0.39, 0.29) is 5.91 Å². The number of carbonyl (C=O) groups is 1. The highest BCUT2D eigenvalue weighted by molar-refractivity contribution is 6.03. The van der Waals surface area contributed by atoms with E-state index in [1.807, 2.05) is 48.0 Å². The first-order valence-electron chi connectivity index (χ1n) is 8.51. The number of aromatic nitrogens is 3. The first-order valence-corrected chi connectivity index (χ1v) is 8.51. The fourth-order valence-corrected chi connectivity index (χ4v) is 3.24. The molecular weight excluding hydrogens is 316 g/mol. The predicted molar refractivity (Wildman–Crippen MR) is 95.8 cm³/mol. The molecule has 3 heterocycles. The first kappa shape index (κ1) is 15.8. The van der Waals surface area contributed by atoms with Gasteiger partial charge in [0, 0.05) is 36.2 Å². The van der Waals surface area contributed by atoms with Crippen LogP contribution in [0, 0.1) is 6.92 Å². The Kier molecular flexibility index (Phi) is 4.19. The van der Waals surface area contributed by atoms with Crippen LogP contribution in [0.4, 0.5) is 5.69 Å². The highest BCUT2D eigenvalue weighted by atomic mass is 16.5. The molecule has 128 valence electrons. The lowest BCUT2D eigenvalue weighted by Gasteiger charge is -2.23. The van der Waals surface area contributed by atoms with Crippen LogP contribution in [0.3, 0.4) is 0 Å². The number of ether oxygens (including phenoxy) is 1. The lowest BCUT2D eigenvalue weighted by molar-refractivity contribution is 0.0655. The van der Waals surface area contributed by atoms with E-state index >= 15 is 0 Å². The van der Waals surface area contributed by atoms with Crippen molar-refractivity contribution in [3.8, 4) is 0 Å². The molecule has 0 atom stereocenters. The third-order valence-electron chi connectivity index (χ3n) is 4.56. The summed E-state index contributed by atoms with van der Waals surface area (Å²) in [6.07, 6.45) is 3.60. The minimum absolute atomic E-state index is 0.204. The van der Waals surface area contributed by atoms with Gasteiger partial charge in [0.15, 0.2) is 5.69 Å². The van der Waals surface area contributed by atoms with E-state index in [9.17, 15) is 4.79 Å². The van der Waals surface area contributed by atoms with Gasteiger partial charge in [0.25, 0.3) is 5.91 Å². The molecule has 0 aliphatic carbocycles. The molecule has 3 aromatic rings. The molecule has 0 spiro atoms. The zero-order chi connectivity index (χ0) is 17.2. The topological polar surface area (TPSA) is 69.0 Å². The monoisotopic (exact) mass is 336 g/mol. The van der Waals surface area contributed by atoms with Crippen molar-refractivity contribution in [2.24, 2.45) is 0 Å². The average molecular weight is 336 g/mol. The number of pyridine rings is 1. The van der Waals surface area contributed by atoms with Crippen LogP contribution in [0.5, 0.6) is 0 Å². The second kappa shape index (κ2) is 6.64. The zero-order valence-corrected chi connectivity index (χ0v) is 14.1. The van der Waals surface area contributed by atoms with Gasteiger partial charge in [0.05, 0.1) is 11.6 Å². The fraction of sp³-hybridized carbons (Fsp3) is 0.316. The van der Waals surface area contributed by atoms with Gasteiger partial charge in [-0.05, 0) is 44.0 Å². The Morgan fingerprint density at radius 1 is 1.24 bits per heavy atom. The summed E-state index contributed by atoms with van der Waals surface area (Å²) in [6.45, 7) is 3.48. The van der Waals surface area contributed by atoms with Crippen LogP contribution in [0.2, 0.25) is 0 Å². The van der Waals surface area contributed by atoms with Crippen LogP contribution < -0.4 is 5.32 Å². The van der Waals surface area contributed by atoms with Crippen molar-refractivity contribution in [3.63, 3.8) is 0 Å². The summed E-state index contributed by atoms with van der Waals surface area (Å²) in [5.74, 6) is -0.204. The highest BCUT2D eigenvalue weighted by Crippen LogP contribution is 2.23. The molecular formula is C19H20N4O2. The predicted octanol–water partition coefficient (Wildman–Crippen LogP) is 3.34. The van der Waals surface area contributed by atoms with Crippen LogP contribution in [0.15, 0.2) is 42.6 Å². The van der Waals surface area contributed by atoms with Crippen molar-refractivity contribution < 1.29 is 9.53 Å². The number of hydrogen-bond donors (Lipinski definition) is 1. The van der Waals surface area contributed by atoms with Crippen molar-refractivity contribution in [1.82, 2.24) is 14.8 Å². The lowest BCUT2D eigenvalue weighted by Crippen LogP contribution is -2.22. The first-order chi connectivity index (χ1) is 12.2. The van der Waals surface area contributed by atoms with Crippen LogP contribution in [-0.4, -0.2) is 33.9 Å². The molecule has 1 amide bonds. The van der Waals surface area contributed by atoms with Crippen LogP contribution in [-0.2, 0) is 4.74 Å². The maximum Gasteiger partial charge on any atom is 0.276 e. The van der Waals surface area contributed by atoms with E-state index in [0.717, 1.165) is 48.3 Å². The quantitative estimate of drug-likeness (QED) is 0.796. The Morgan fingerprint density at radius 3 is 2.92 bits per heavy atom. The van der Waals surface area contributed by atoms with Crippen LogP contribution in [0.25, 0.3) is 10.9 Å². The Morgan fingerprint density at radius 2 is 2.08 bits per heavy atom. The van der Waals surface area contributed by atoms with E-state index in [2.05, 4.69) is 15.4 Å². The molecule has 0 bridgehead atoms. The van der Waals surface area contributed by atoms with Crippen molar-refractivity contribution in [2.75, 3.05) is 18.5 Å². The zero-order valence-electron chi connectivity index (χ0n) is 14.1. The minimum atomic E-state index is -0.204. The third-order valence-corrected chi connectivity index (χ3v) is 4.56. The van der Waals surface area contributed by atoms with Gasteiger partial charge < -0.3 is 10.1 Å². The van der Waals surface area contributed by atoms with Crippen LogP contribution in [0.1, 0.15) is 35.1 Å². The molecule has 6 nitrogen and oxygen atoms in total. The summed E-state index contributed by atoms with van der Waals surface area (Å²) in [7, 11) is 0. The van der Waals surface area contributed by atoms with E-state index in [1.54, 1.807) is 6.20 Å². The number of fused-ring (bicyclic) bond motifs is 1. The molecule has 1 N–H and O–H groups in total. The standard InChI is InChI=1S/C19H20N4O2/c1-13-11-18(22-23(13)16-6-9-25-10-7-16)19(24)21-15-5-4-14-3-2-8-20-17(14)12-15/h2-5,8,11-12,16H,6-7,9-10H2,1H3,(H,21,24). The molecule has 1 fully saturated rings. The van der Waals surface area contributed by atoms with Crippen molar-refractivity contribution >= 4 is 22.5 Å². The number of aryl methyl sites for hydroxylation is 1. The molecule has 1 aliphatic rings.